The Bertz CT molecular complexity index is 1420. The SMILES string of the molecule is C=C1/C(=C\C=C2\CCC[C@]3(C)[C@@H]([C@H](C)CCCC(C)(C)O)CC[C@@H]23)CC(OC(=O)CNc2ccc(N=[N+]=[N-])cc2[N+](=O)[O-])C[C@@H]1O. The van der Waals surface area contributed by atoms with Crippen molar-refractivity contribution in [2.75, 3.05) is 11.9 Å². The number of hydrogen-bond acceptors (Lipinski definition) is 8. The van der Waals surface area contributed by atoms with Gasteiger partial charge in [-0.15, -0.1) is 0 Å². The van der Waals surface area contributed by atoms with Gasteiger partial charge in [-0.05, 0) is 98.3 Å². The lowest BCUT2D eigenvalue weighted by atomic mass is 9.60. The van der Waals surface area contributed by atoms with Crippen molar-refractivity contribution in [2.45, 2.75) is 110 Å². The standard InChI is InChI=1S/C35H49N5O6/c1-22(8-6-16-34(3,4)43)28-13-14-29-24(9-7-17-35(28,29)5)10-11-25-18-27(20-32(41)23(25)2)46-33(42)21-37-30-15-12-26(38-39-36)19-31(30)40(44)45/h10-12,15,19,22,27-29,32,37,41,43H,2,6-9,13-14,16-18,20-21H2,1,3-5H3/b24-10-,25-11-/t22-,27?,28-,29+,32+,35-/m1/s1. The summed E-state index contributed by atoms with van der Waals surface area (Å²) < 4.78 is 5.68. The summed E-state index contributed by atoms with van der Waals surface area (Å²) in [6.45, 7) is 12.4. The molecule has 1 unspecified atom stereocenters. The maximum Gasteiger partial charge on any atom is 0.325 e. The van der Waals surface area contributed by atoms with Crippen LogP contribution in [0.2, 0.25) is 0 Å². The number of carbonyl (C=O) groups excluding carboxylic acids is 1. The van der Waals surface area contributed by atoms with Crippen LogP contribution in [0, 0.1) is 33.3 Å². The minimum absolute atomic E-state index is 0.0895. The minimum Gasteiger partial charge on any atom is -0.461 e. The highest BCUT2D eigenvalue weighted by Crippen LogP contribution is 2.60. The monoisotopic (exact) mass is 635 g/mol. The number of ether oxygens (including phenoxy) is 1. The predicted molar refractivity (Wildman–Crippen MR) is 178 cm³/mol. The first kappa shape index (κ1) is 35.2. The molecular formula is C35H49N5O6. The quantitative estimate of drug-likeness (QED) is 0.0518. The van der Waals surface area contributed by atoms with Crippen LogP contribution in [0.4, 0.5) is 17.1 Å². The van der Waals surface area contributed by atoms with Crippen LogP contribution in [0.1, 0.15) is 91.9 Å². The number of aliphatic hydroxyl groups excluding tert-OH is 1. The molecule has 0 radical (unpaired) electrons. The largest absolute Gasteiger partial charge is 0.461 e. The summed E-state index contributed by atoms with van der Waals surface area (Å²) in [6.07, 6.45) is 12.4. The highest BCUT2D eigenvalue weighted by molar-refractivity contribution is 5.77. The Labute approximate surface area is 271 Å². The summed E-state index contributed by atoms with van der Waals surface area (Å²) in [5, 5.41) is 38.5. The number of fused-ring (bicyclic) bond motifs is 1. The summed E-state index contributed by atoms with van der Waals surface area (Å²) in [4.78, 5) is 26.2. The Kier molecular flexibility index (Phi) is 11.4. The summed E-state index contributed by atoms with van der Waals surface area (Å²) in [7, 11) is 0. The lowest BCUT2D eigenvalue weighted by Gasteiger charge is -2.44. The summed E-state index contributed by atoms with van der Waals surface area (Å²) in [6, 6.07) is 3.92. The zero-order valence-corrected chi connectivity index (χ0v) is 27.6. The molecule has 0 saturated heterocycles. The number of anilines is 1. The highest BCUT2D eigenvalue weighted by Gasteiger charge is 2.50. The van der Waals surface area contributed by atoms with E-state index in [2.05, 4.69) is 47.9 Å². The Balaban J connectivity index is 1.39. The van der Waals surface area contributed by atoms with E-state index in [1.165, 1.54) is 37.0 Å². The summed E-state index contributed by atoms with van der Waals surface area (Å²) >= 11 is 0. The van der Waals surface area contributed by atoms with Crippen LogP contribution in [-0.4, -0.2) is 45.5 Å². The lowest BCUT2D eigenvalue weighted by molar-refractivity contribution is -0.383. The average molecular weight is 636 g/mol. The van der Waals surface area contributed by atoms with E-state index in [1.54, 1.807) is 0 Å². The molecule has 46 heavy (non-hydrogen) atoms. The fourth-order valence-corrected chi connectivity index (χ4v) is 8.14. The Morgan fingerprint density at radius 1 is 1.37 bits per heavy atom. The number of esters is 1. The van der Waals surface area contributed by atoms with E-state index in [1.807, 2.05) is 13.8 Å². The third-order valence-electron chi connectivity index (χ3n) is 10.5. The predicted octanol–water partition coefficient (Wildman–Crippen LogP) is 8.22. The molecule has 3 N–H and O–H groups in total. The number of benzene rings is 1. The first-order valence-corrected chi connectivity index (χ1v) is 16.5. The van der Waals surface area contributed by atoms with Crippen molar-refractivity contribution >= 4 is 23.0 Å². The fraction of sp³-hybridized carbons (Fsp3) is 0.629. The van der Waals surface area contributed by atoms with Gasteiger partial charge in [0.15, 0.2) is 0 Å². The van der Waals surface area contributed by atoms with Gasteiger partial charge in [0, 0.05) is 29.5 Å². The maximum atomic E-state index is 12.7. The molecule has 250 valence electrons. The van der Waals surface area contributed by atoms with Gasteiger partial charge in [0.25, 0.3) is 5.69 Å². The number of nitrogens with one attached hydrogen (secondary N) is 1. The Hall–Kier alpha value is -3.66. The molecule has 11 heteroatoms. The van der Waals surface area contributed by atoms with Gasteiger partial charge < -0.3 is 20.3 Å². The van der Waals surface area contributed by atoms with Crippen LogP contribution in [-0.2, 0) is 9.53 Å². The van der Waals surface area contributed by atoms with Gasteiger partial charge in [-0.3, -0.25) is 14.9 Å². The molecule has 3 saturated carbocycles. The van der Waals surface area contributed by atoms with E-state index in [0.29, 0.717) is 29.7 Å². The highest BCUT2D eigenvalue weighted by atomic mass is 16.6. The minimum atomic E-state index is -0.837. The van der Waals surface area contributed by atoms with Crippen molar-refractivity contribution < 1.29 is 24.7 Å². The Morgan fingerprint density at radius 2 is 2.13 bits per heavy atom. The first-order chi connectivity index (χ1) is 21.7. The lowest BCUT2D eigenvalue weighted by Crippen LogP contribution is -2.36. The number of azide groups is 1. The number of allylic oxidation sites excluding steroid dienone is 3. The van der Waals surface area contributed by atoms with Crippen LogP contribution < -0.4 is 5.32 Å². The molecule has 11 nitrogen and oxygen atoms in total. The third kappa shape index (κ3) is 8.57. The van der Waals surface area contributed by atoms with Gasteiger partial charge in [0.1, 0.15) is 18.3 Å². The number of hydrogen-bond donors (Lipinski definition) is 3. The molecular weight excluding hydrogens is 586 g/mol. The third-order valence-corrected chi connectivity index (χ3v) is 10.5. The van der Waals surface area contributed by atoms with Crippen molar-refractivity contribution in [3.05, 3.63) is 74.2 Å². The number of rotatable bonds is 12. The fourth-order valence-electron chi connectivity index (χ4n) is 8.14. The van der Waals surface area contributed by atoms with E-state index >= 15 is 0 Å². The van der Waals surface area contributed by atoms with Crippen LogP contribution in [0.15, 0.2) is 58.8 Å². The zero-order valence-electron chi connectivity index (χ0n) is 27.6. The van der Waals surface area contributed by atoms with Gasteiger partial charge in [0.2, 0.25) is 0 Å². The molecule has 0 aromatic heterocycles. The van der Waals surface area contributed by atoms with Crippen molar-refractivity contribution in [3.8, 4) is 0 Å². The molecule has 1 aromatic rings. The van der Waals surface area contributed by atoms with Crippen molar-refractivity contribution in [1.82, 2.24) is 0 Å². The number of carbonyl (C=O) groups is 1. The molecule has 0 bridgehead atoms. The smallest absolute Gasteiger partial charge is 0.325 e. The molecule has 1 aromatic carbocycles. The van der Waals surface area contributed by atoms with Gasteiger partial charge in [-0.2, -0.15) is 0 Å². The molecule has 0 aliphatic heterocycles. The first-order valence-electron chi connectivity index (χ1n) is 16.5. The zero-order chi connectivity index (χ0) is 33.6. The van der Waals surface area contributed by atoms with Crippen LogP contribution in [0.25, 0.3) is 10.4 Å². The van der Waals surface area contributed by atoms with Crippen LogP contribution in [0.3, 0.4) is 0 Å². The maximum absolute atomic E-state index is 12.7. The summed E-state index contributed by atoms with van der Waals surface area (Å²) in [5.74, 6) is 1.18. The second-order valence-corrected chi connectivity index (χ2v) is 14.3. The number of nitro benzene ring substituents is 1. The van der Waals surface area contributed by atoms with E-state index < -0.39 is 28.7 Å². The van der Waals surface area contributed by atoms with Crippen LogP contribution in [0.5, 0.6) is 0 Å². The molecule has 0 spiro atoms. The van der Waals surface area contributed by atoms with Crippen LogP contribution >= 0.6 is 0 Å². The normalized spacial score (nSPS) is 28.8. The summed E-state index contributed by atoms with van der Waals surface area (Å²) in [5.41, 5.74) is 11.0. The number of nitrogens with zero attached hydrogens (tertiary/aromatic N) is 4. The van der Waals surface area contributed by atoms with Gasteiger partial charge in [-0.25, -0.2) is 0 Å². The topological polar surface area (TPSA) is 171 Å². The van der Waals surface area contributed by atoms with E-state index in [-0.39, 0.29) is 35.4 Å². The molecule has 3 fully saturated rings. The van der Waals surface area contributed by atoms with Gasteiger partial charge in [0.05, 0.1) is 16.6 Å². The molecule has 6 atom stereocenters. The molecule has 3 aliphatic carbocycles. The molecule has 4 rings (SSSR count). The second kappa shape index (κ2) is 14.8. The van der Waals surface area contributed by atoms with Crippen molar-refractivity contribution in [3.63, 3.8) is 0 Å². The van der Waals surface area contributed by atoms with E-state index in [9.17, 15) is 25.1 Å². The van der Waals surface area contributed by atoms with Gasteiger partial charge >= 0.3 is 5.97 Å². The van der Waals surface area contributed by atoms with Crippen molar-refractivity contribution in [2.24, 2.45) is 28.3 Å². The molecule has 0 amide bonds. The van der Waals surface area contributed by atoms with E-state index in [0.717, 1.165) is 43.7 Å². The number of nitro groups is 1. The molecule has 0 heterocycles. The Morgan fingerprint density at radius 3 is 2.83 bits per heavy atom. The van der Waals surface area contributed by atoms with E-state index in [4.69, 9.17) is 10.3 Å². The van der Waals surface area contributed by atoms with Crippen molar-refractivity contribution in [1.29, 1.82) is 0 Å². The molecule has 3 aliphatic rings. The second-order valence-electron chi connectivity index (χ2n) is 14.3. The number of aliphatic hydroxyl groups is 2. The van der Waals surface area contributed by atoms with Gasteiger partial charge in [-0.1, -0.05) is 62.2 Å². The average Bonchev–Trinajstić information content (AvgIpc) is 3.34.